The van der Waals surface area contributed by atoms with Crippen molar-refractivity contribution in [2.24, 2.45) is 5.92 Å². The van der Waals surface area contributed by atoms with Gasteiger partial charge >= 0.3 is 0 Å². The van der Waals surface area contributed by atoms with Gasteiger partial charge in [0.05, 0.1) is 0 Å². The Kier molecular flexibility index (Phi) is 5.10. The molecule has 1 aliphatic carbocycles. The fourth-order valence-corrected chi connectivity index (χ4v) is 2.79. The molecule has 1 unspecified atom stereocenters. The smallest absolute Gasteiger partial charge is 0.223 e. The summed E-state index contributed by atoms with van der Waals surface area (Å²) in [5.74, 6) is 0.363. The quantitative estimate of drug-likeness (QED) is 0.785. The van der Waals surface area contributed by atoms with Crippen LogP contribution in [0.2, 0.25) is 0 Å². The minimum atomic E-state index is 0.0404. The average Bonchev–Trinajstić information content (AvgIpc) is 2.29. The number of hydrogen-bond acceptors (Lipinski definition) is 1. The van der Waals surface area contributed by atoms with Crippen LogP contribution in [0.4, 0.5) is 0 Å². The summed E-state index contributed by atoms with van der Waals surface area (Å²) < 4.78 is 0. The first-order chi connectivity index (χ1) is 7.13. The first kappa shape index (κ1) is 13.0. The van der Waals surface area contributed by atoms with Crippen molar-refractivity contribution in [1.29, 1.82) is 0 Å². The minimum Gasteiger partial charge on any atom is -0.350 e. The van der Waals surface area contributed by atoms with Crippen LogP contribution in [0.25, 0.3) is 0 Å². The SMILES string of the molecule is CCC(C)C(=O)NC1(CBr)CCCCC1. The molecule has 1 amide bonds. The van der Waals surface area contributed by atoms with Gasteiger partial charge < -0.3 is 5.32 Å². The van der Waals surface area contributed by atoms with Gasteiger partial charge in [-0.2, -0.15) is 0 Å². The molecule has 0 aromatic carbocycles. The van der Waals surface area contributed by atoms with Crippen LogP contribution in [0.5, 0.6) is 0 Å². The largest absolute Gasteiger partial charge is 0.350 e. The number of alkyl halides is 1. The number of halogens is 1. The summed E-state index contributed by atoms with van der Waals surface area (Å²) in [6, 6.07) is 0. The highest BCUT2D eigenvalue weighted by molar-refractivity contribution is 9.09. The van der Waals surface area contributed by atoms with E-state index in [9.17, 15) is 4.79 Å². The van der Waals surface area contributed by atoms with E-state index in [2.05, 4.69) is 28.2 Å². The summed E-state index contributed by atoms with van der Waals surface area (Å²) in [5.41, 5.74) is 0.0404. The third-order valence-corrected chi connectivity index (χ3v) is 4.59. The van der Waals surface area contributed by atoms with Crippen LogP contribution in [0.1, 0.15) is 52.4 Å². The zero-order valence-electron chi connectivity index (χ0n) is 9.81. The zero-order valence-corrected chi connectivity index (χ0v) is 11.4. The molecule has 0 bridgehead atoms. The normalized spacial score (nSPS) is 22.1. The molecule has 0 aromatic heterocycles. The van der Waals surface area contributed by atoms with Crippen LogP contribution in [-0.4, -0.2) is 16.8 Å². The highest BCUT2D eigenvalue weighted by Gasteiger charge is 2.33. The van der Waals surface area contributed by atoms with Gasteiger partial charge in [0.15, 0.2) is 0 Å². The second-order valence-electron chi connectivity index (χ2n) is 4.77. The molecule has 1 atom stereocenters. The molecule has 0 saturated heterocycles. The van der Waals surface area contributed by atoms with E-state index in [4.69, 9.17) is 0 Å². The number of hydrogen-bond donors (Lipinski definition) is 1. The van der Waals surface area contributed by atoms with Crippen LogP contribution in [-0.2, 0) is 4.79 Å². The Morgan fingerprint density at radius 1 is 1.40 bits per heavy atom. The highest BCUT2D eigenvalue weighted by atomic mass is 79.9. The predicted molar refractivity (Wildman–Crippen MR) is 67.2 cm³/mol. The van der Waals surface area contributed by atoms with Crippen molar-refractivity contribution < 1.29 is 4.79 Å². The van der Waals surface area contributed by atoms with Crippen molar-refractivity contribution in [3.8, 4) is 0 Å². The summed E-state index contributed by atoms with van der Waals surface area (Å²) in [6.45, 7) is 4.06. The van der Waals surface area contributed by atoms with E-state index in [-0.39, 0.29) is 17.4 Å². The first-order valence-electron chi connectivity index (χ1n) is 6.01. The van der Waals surface area contributed by atoms with Crippen LogP contribution >= 0.6 is 15.9 Å². The van der Waals surface area contributed by atoms with Gasteiger partial charge in [0.1, 0.15) is 0 Å². The molecule has 0 aliphatic heterocycles. The molecule has 0 radical (unpaired) electrons. The lowest BCUT2D eigenvalue weighted by atomic mass is 9.83. The van der Waals surface area contributed by atoms with Gasteiger partial charge in [0.25, 0.3) is 0 Å². The molecule has 0 heterocycles. The standard InChI is InChI=1S/C12H22BrNO/c1-3-10(2)11(15)14-12(9-13)7-5-4-6-8-12/h10H,3-9H2,1-2H3,(H,14,15). The molecule has 1 saturated carbocycles. The maximum atomic E-state index is 11.9. The predicted octanol–water partition coefficient (Wildman–Crippen LogP) is 3.25. The summed E-state index contributed by atoms with van der Waals surface area (Å²) in [7, 11) is 0. The van der Waals surface area contributed by atoms with Crippen molar-refractivity contribution in [3.63, 3.8) is 0 Å². The minimum absolute atomic E-state index is 0.0404. The van der Waals surface area contributed by atoms with E-state index >= 15 is 0 Å². The molecule has 1 fully saturated rings. The van der Waals surface area contributed by atoms with Crippen LogP contribution in [0.15, 0.2) is 0 Å². The van der Waals surface area contributed by atoms with Gasteiger partial charge in [-0.05, 0) is 19.3 Å². The average molecular weight is 276 g/mol. The summed E-state index contributed by atoms with van der Waals surface area (Å²) in [6.07, 6.45) is 6.97. The van der Waals surface area contributed by atoms with E-state index in [0.29, 0.717) is 0 Å². The van der Waals surface area contributed by atoms with Crippen molar-refractivity contribution in [3.05, 3.63) is 0 Å². The molecule has 0 aromatic rings. The monoisotopic (exact) mass is 275 g/mol. The number of rotatable bonds is 4. The molecule has 15 heavy (non-hydrogen) atoms. The van der Waals surface area contributed by atoms with Crippen LogP contribution in [0.3, 0.4) is 0 Å². The van der Waals surface area contributed by atoms with Crippen molar-refractivity contribution >= 4 is 21.8 Å². The molecule has 2 nitrogen and oxygen atoms in total. The van der Waals surface area contributed by atoms with Gasteiger partial charge in [0, 0.05) is 16.8 Å². The lowest BCUT2D eigenvalue weighted by Gasteiger charge is -2.37. The fourth-order valence-electron chi connectivity index (χ4n) is 2.09. The summed E-state index contributed by atoms with van der Waals surface area (Å²) in [4.78, 5) is 11.9. The number of nitrogens with one attached hydrogen (secondary N) is 1. The summed E-state index contributed by atoms with van der Waals surface area (Å²) >= 11 is 3.55. The van der Waals surface area contributed by atoms with Crippen LogP contribution < -0.4 is 5.32 Å². The zero-order chi connectivity index (χ0) is 11.3. The molecule has 0 spiro atoms. The molecule has 1 rings (SSSR count). The van der Waals surface area contributed by atoms with E-state index in [1.807, 2.05) is 6.92 Å². The summed E-state index contributed by atoms with van der Waals surface area (Å²) in [5, 5.41) is 4.14. The lowest BCUT2D eigenvalue weighted by Crippen LogP contribution is -2.52. The Labute approximate surface area is 101 Å². The first-order valence-corrected chi connectivity index (χ1v) is 7.13. The van der Waals surface area contributed by atoms with Gasteiger partial charge in [-0.1, -0.05) is 49.0 Å². The van der Waals surface area contributed by atoms with E-state index < -0.39 is 0 Å². The molecule has 88 valence electrons. The number of carbonyl (C=O) groups is 1. The number of amides is 1. The molecular formula is C12H22BrNO. The Bertz CT molecular complexity index is 212. The maximum Gasteiger partial charge on any atom is 0.223 e. The van der Waals surface area contributed by atoms with Gasteiger partial charge in [-0.3, -0.25) is 4.79 Å². The lowest BCUT2D eigenvalue weighted by molar-refractivity contribution is -0.126. The number of carbonyl (C=O) groups excluding carboxylic acids is 1. The molecule has 1 N–H and O–H groups in total. The van der Waals surface area contributed by atoms with Crippen molar-refractivity contribution in [2.75, 3.05) is 5.33 Å². The molecule has 1 aliphatic rings. The van der Waals surface area contributed by atoms with Crippen LogP contribution in [0, 0.1) is 5.92 Å². The van der Waals surface area contributed by atoms with E-state index in [0.717, 1.165) is 24.6 Å². The Hall–Kier alpha value is -0.0500. The second-order valence-corrected chi connectivity index (χ2v) is 5.33. The van der Waals surface area contributed by atoms with Gasteiger partial charge in [0.2, 0.25) is 5.91 Å². The van der Waals surface area contributed by atoms with Crippen molar-refractivity contribution in [2.45, 2.75) is 57.9 Å². The highest BCUT2D eigenvalue weighted by Crippen LogP contribution is 2.30. The Balaban J connectivity index is 2.55. The van der Waals surface area contributed by atoms with E-state index in [1.165, 1.54) is 19.3 Å². The fraction of sp³-hybridized carbons (Fsp3) is 0.917. The maximum absolute atomic E-state index is 11.9. The van der Waals surface area contributed by atoms with Gasteiger partial charge in [-0.15, -0.1) is 0 Å². The Morgan fingerprint density at radius 3 is 2.47 bits per heavy atom. The second kappa shape index (κ2) is 5.88. The third kappa shape index (κ3) is 3.47. The third-order valence-electron chi connectivity index (χ3n) is 3.51. The molecular weight excluding hydrogens is 254 g/mol. The van der Waals surface area contributed by atoms with E-state index in [1.54, 1.807) is 0 Å². The Morgan fingerprint density at radius 2 is 2.00 bits per heavy atom. The molecule has 3 heteroatoms. The van der Waals surface area contributed by atoms with Gasteiger partial charge in [-0.25, -0.2) is 0 Å². The topological polar surface area (TPSA) is 29.1 Å². The van der Waals surface area contributed by atoms with Crippen molar-refractivity contribution in [1.82, 2.24) is 5.32 Å².